The monoisotopic (exact) mass is 397 g/mol. The first-order valence-electron chi connectivity index (χ1n) is 9.87. The zero-order chi connectivity index (χ0) is 20.4. The number of amides is 1. The molecule has 1 aromatic heterocycles. The summed E-state index contributed by atoms with van der Waals surface area (Å²) < 4.78 is 5.80. The van der Waals surface area contributed by atoms with Crippen LogP contribution in [0.5, 0.6) is 5.75 Å². The molecule has 9 nitrogen and oxygen atoms in total. The Labute approximate surface area is 170 Å². The molecule has 1 aromatic carbocycles. The van der Waals surface area contributed by atoms with Crippen LogP contribution in [0.25, 0.3) is 0 Å². The molecule has 1 unspecified atom stereocenters. The van der Waals surface area contributed by atoms with Gasteiger partial charge in [0.25, 0.3) is 0 Å². The first-order chi connectivity index (χ1) is 13.9. The van der Waals surface area contributed by atoms with Crippen LogP contribution < -0.4 is 26.0 Å². The fourth-order valence-electron chi connectivity index (χ4n) is 3.93. The fraction of sp³-hybridized carbons (Fsp3) is 0.500. The van der Waals surface area contributed by atoms with Crippen molar-refractivity contribution >= 4 is 23.5 Å². The lowest BCUT2D eigenvalue weighted by atomic mass is 9.92. The highest BCUT2D eigenvalue weighted by molar-refractivity contribution is 5.95. The summed E-state index contributed by atoms with van der Waals surface area (Å²) in [6.07, 6.45) is 3.15. The van der Waals surface area contributed by atoms with E-state index in [4.69, 9.17) is 10.5 Å². The van der Waals surface area contributed by atoms with Crippen LogP contribution in [0.1, 0.15) is 25.1 Å². The SMILES string of the molecule is CN(C)c1nc(N)nc(COc2cccc(NC(=O)C3CC34CCNCC4)c2)n1. The molecule has 154 valence electrons. The minimum absolute atomic E-state index is 0.102. The van der Waals surface area contributed by atoms with Gasteiger partial charge in [-0.1, -0.05) is 6.07 Å². The maximum Gasteiger partial charge on any atom is 0.230 e. The first kappa shape index (κ1) is 19.4. The first-order valence-corrected chi connectivity index (χ1v) is 9.87. The van der Waals surface area contributed by atoms with Crippen molar-refractivity contribution in [2.75, 3.05) is 43.1 Å². The van der Waals surface area contributed by atoms with Crippen molar-refractivity contribution < 1.29 is 9.53 Å². The van der Waals surface area contributed by atoms with Crippen LogP contribution in [0.2, 0.25) is 0 Å². The van der Waals surface area contributed by atoms with Gasteiger partial charge in [-0.15, -0.1) is 0 Å². The van der Waals surface area contributed by atoms with E-state index in [9.17, 15) is 4.79 Å². The molecule has 1 spiro atoms. The maximum atomic E-state index is 12.7. The number of nitrogens with two attached hydrogens (primary N) is 1. The molecule has 0 radical (unpaired) electrons. The molecule has 1 aliphatic carbocycles. The Kier molecular flexibility index (Phi) is 5.23. The van der Waals surface area contributed by atoms with Gasteiger partial charge in [0.05, 0.1) is 0 Å². The van der Waals surface area contributed by atoms with Crippen molar-refractivity contribution in [1.29, 1.82) is 0 Å². The van der Waals surface area contributed by atoms with Gasteiger partial charge in [0.2, 0.25) is 17.8 Å². The number of hydrogen-bond donors (Lipinski definition) is 3. The number of anilines is 3. The molecular formula is C20H27N7O2. The van der Waals surface area contributed by atoms with E-state index in [0.29, 0.717) is 17.5 Å². The van der Waals surface area contributed by atoms with E-state index < -0.39 is 0 Å². The molecule has 2 heterocycles. The number of nitrogens with zero attached hydrogens (tertiary/aromatic N) is 4. The number of ether oxygens (including phenoxy) is 1. The van der Waals surface area contributed by atoms with Crippen molar-refractivity contribution in [2.45, 2.75) is 25.9 Å². The topological polar surface area (TPSA) is 118 Å². The summed E-state index contributed by atoms with van der Waals surface area (Å²) in [5, 5.41) is 6.40. The molecule has 2 fully saturated rings. The Morgan fingerprint density at radius 3 is 2.86 bits per heavy atom. The zero-order valence-corrected chi connectivity index (χ0v) is 16.8. The second-order valence-corrected chi connectivity index (χ2v) is 7.98. The third-order valence-electron chi connectivity index (χ3n) is 5.66. The lowest BCUT2D eigenvalue weighted by Gasteiger charge is -2.23. The number of rotatable bonds is 6. The second kappa shape index (κ2) is 7.82. The lowest BCUT2D eigenvalue weighted by Crippen LogP contribution is -2.31. The highest BCUT2D eigenvalue weighted by Crippen LogP contribution is 2.58. The van der Waals surface area contributed by atoms with Crippen molar-refractivity contribution in [2.24, 2.45) is 11.3 Å². The molecule has 1 amide bonds. The standard InChI is InChI=1S/C20H27N7O2/c1-27(2)19-25-16(24-18(21)26-19)12-29-14-5-3-4-13(10-14)23-17(28)15-11-20(15)6-8-22-9-7-20/h3-5,10,15,22H,6-9,11-12H2,1-2H3,(H,23,28)(H2,21,24,25,26). The van der Waals surface area contributed by atoms with Crippen LogP contribution in [0, 0.1) is 11.3 Å². The minimum Gasteiger partial charge on any atom is -0.486 e. The minimum atomic E-state index is 0.102. The highest BCUT2D eigenvalue weighted by Gasteiger charge is 2.57. The molecule has 29 heavy (non-hydrogen) atoms. The van der Waals surface area contributed by atoms with E-state index in [1.165, 1.54) is 0 Å². The zero-order valence-electron chi connectivity index (χ0n) is 16.8. The second-order valence-electron chi connectivity index (χ2n) is 7.98. The van der Waals surface area contributed by atoms with Gasteiger partial charge in [-0.3, -0.25) is 4.79 Å². The van der Waals surface area contributed by atoms with Crippen molar-refractivity contribution in [3.63, 3.8) is 0 Å². The van der Waals surface area contributed by atoms with E-state index >= 15 is 0 Å². The van der Waals surface area contributed by atoms with Crippen molar-refractivity contribution in [1.82, 2.24) is 20.3 Å². The molecular weight excluding hydrogens is 370 g/mol. The van der Waals surface area contributed by atoms with Crippen molar-refractivity contribution in [3.8, 4) is 5.75 Å². The lowest BCUT2D eigenvalue weighted by molar-refractivity contribution is -0.118. The van der Waals surface area contributed by atoms with Gasteiger partial charge in [0.1, 0.15) is 12.4 Å². The number of nitrogen functional groups attached to an aromatic ring is 1. The summed E-state index contributed by atoms with van der Waals surface area (Å²) in [6.45, 7) is 2.16. The van der Waals surface area contributed by atoms with Gasteiger partial charge in [0.15, 0.2) is 5.82 Å². The molecule has 4 N–H and O–H groups in total. The summed E-state index contributed by atoms with van der Waals surface area (Å²) in [4.78, 5) is 26.9. The number of benzene rings is 1. The van der Waals surface area contributed by atoms with Gasteiger partial charge in [-0.05, 0) is 49.9 Å². The number of piperidine rings is 1. The number of hydrogen-bond acceptors (Lipinski definition) is 8. The third-order valence-corrected chi connectivity index (χ3v) is 5.66. The van der Waals surface area contributed by atoms with E-state index in [1.54, 1.807) is 4.90 Å². The maximum absolute atomic E-state index is 12.7. The van der Waals surface area contributed by atoms with Crippen LogP contribution in [-0.4, -0.2) is 48.0 Å². The molecule has 0 bridgehead atoms. The van der Waals surface area contributed by atoms with Gasteiger partial charge in [0, 0.05) is 31.8 Å². The highest BCUT2D eigenvalue weighted by atomic mass is 16.5. The smallest absolute Gasteiger partial charge is 0.230 e. The van der Waals surface area contributed by atoms with E-state index in [2.05, 4.69) is 25.6 Å². The average Bonchev–Trinajstić information content (AvgIpc) is 3.39. The summed E-state index contributed by atoms with van der Waals surface area (Å²) >= 11 is 0. The molecule has 1 saturated carbocycles. The number of carbonyl (C=O) groups is 1. The van der Waals surface area contributed by atoms with Crippen LogP contribution >= 0.6 is 0 Å². The Morgan fingerprint density at radius 2 is 2.10 bits per heavy atom. The van der Waals surface area contributed by atoms with Gasteiger partial charge < -0.3 is 26.0 Å². The van der Waals surface area contributed by atoms with Crippen LogP contribution in [0.4, 0.5) is 17.6 Å². The van der Waals surface area contributed by atoms with E-state index in [1.807, 2.05) is 38.4 Å². The predicted molar refractivity (Wildman–Crippen MR) is 111 cm³/mol. The number of carbonyl (C=O) groups excluding carboxylic acids is 1. The molecule has 2 aliphatic rings. The Morgan fingerprint density at radius 1 is 1.31 bits per heavy atom. The quantitative estimate of drug-likeness (QED) is 0.670. The molecule has 4 rings (SSSR count). The van der Waals surface area contributed by atoms with Gasteiger partial charge >= 0.3 is 0 Å². The number of nitrogens with one attached hydrogen (secondary N) is 2. The van der Waals surface area contributed by atoms with E-state index in [-0.39, 0.29) is 29.8 Å². The molecule has 1 aliphatic heterocycles. The Balaban J connectivity index is 1.36. The molecule has 1 saturated heterocycles. The third kappa shape index (κ3) is 4.40. The molecule has 9 heteroatoms. The van der Waals surface area contributed by atoms with Crippen molar-refractivity contribution in [3.05, 3.63) is 30.1 Å². The normalized spacial score (nSPS) is 19.6. The van der Waals surface area contributed by atoms with E-state index in [0.717, 1.165) is 38.0 Å². The molecule has 1 atom stereocenters. The Bertz CT molecular complexity index is 896. The van der Waals surface area contributed by atoms with Crippen LogP contribution in [0.15, 0.2) is 24.3 Å². The number of aromatic nitrogens is 3. The summed E-state index contributed by atoms with van der Waals surface area (Å²) in [7, 11) is 3.67. The molecule has 2 aromatic rings. The Hall–Kier alpha value is -2.94. The average molecular weight is 397 g/mol. The van der Waals surface area contributed by atoms with Gasteiger partial charge in [-0.2, -0.15) is 15.0 Å². The summed E-state index contributed by atoms with van der Waals surface area (Å²) in [5.41, 5.74) is 6.69. The largest absolute Gasteiger partial charge is 0.486 e. The van der Waals surface area contributed by atoms with Crippen LogP contribution in [-0.2, 0) is 11.4 Å². The summed E-state index contributed by atoms with van der Waals surface area (Å²) in [6, 6.07) is 7.36. The van der Waals surface area contributed by atoms with Gasteiger partial charge in [-0.25, -0.2) is 0 Å². The fourth-order valence-corrected chi connectivity index (χ4v) is 3.93. The van der Waals surface area contributed by atoms with Crippen LogP contribution in [0.3, 0.4) is 0 Å². The predicted octanol–water partition coefficient (Wildman–Crippen LogP) is 1.43. The summed E-state index contributed by atoms with van der Waals surface area (Å²) in [5.74, 6) is 1.92.